The molecule has 2 atom stereocenters. The van der Waals surface area contributed by atoms with Gasteiger partial charge in [-0.05, 0) is 61.4 Å². The molecule has 0 spiro atoms. The third-order valence-corrected chi connectivity index (χ3v) is 4.77. The van der Waals surface area contributed by atoms with E-state index in [-0.39, 0.29) is 0 Å². The maximum atomic E-state index is 3.58. The highest BCUT2D eigenvalue weighted by Gasteiger charge is 2.30. The number of fused-ring (bicyclic) bond motifs is 1. The normalized spacial score (nSPS) is 29.3. The molecule has 0 N–H and O–H groups in total. The number of aryl methyl sites for hydroxylation is 1. The van der Waals surface area contributed by atoms with Gasteiger partial charge in [0.05, 0.1) is 0 Å². The summed E-state index contributed by atoms with van der Waals surface area (Å²) >= 11 is 3.58. The van der Waals surface area contributed by atoms with Crippen LogP contribution in [0.15, 0.2) is 22.7 Å². The summed E-state index contributed by atoms with van der Waals surface area (Å²) in [5.41, 5.74) is 3.14. The zero-order valence-corrected chi connectivity index (χ0v) is 12.0. The number of rotatable bonds is 1. The Hall–Kier alpha value is -0.340. The van der Waals surface area contributed by atoms with Crippen LogP contribution >= 0.6 is 15.9 Å². The fourth-order valence-corrected chi connectivity index (χ4v) is 3.86. The second kappa shape index (κ2) is 4.74. The second-order valence-corrected chi connectivity index (χ2v) is 6.56. The summed E-state index contributed by atoms with van der Waals surface area (Å²) in [4.78, 5) is 2.72. The van der Waals surface area contributed by atoms with Gasteiger partial charge in [0.15, 0.2) is 0 Å². The monoisotopic (exact) mass is 293 g/mol. The van der Waals surface area contributed by atoms with Crippen molar-refractivity contribution in [1.82, 2.24) is 4.90 Å². The highest BCUT2D eigenvalue weighted by atomic mass is 79.9. The molecule has 0 saturated carbocycles. The van der Waals surface area contributed by atoms with Gasteiger partial charge in [0, 0.05) is 17.1 Å². The lowest BCUT2D eigenvalue weighted by Gasteiger charge is -2.36. The van der Waals surface area contributed by atoms with E-state index in [1.807, 2.05) is 0 Å². The van der Waals surface area contributed by atoms with Crippen LogP contribution in [0.3, 0.4) is 0 Å². The first-order valence-electron chi connectivity index (χ1n) is 6.76. The van der Waals surface area contributed by atoms with Gasteiger partial charge in [-0.25, -0.2) is 0 Å². The molecule has 0 aromatic heterocycles. The molecule has 2 aliphatic rings. The van der Waals surface area contributed by atoms with Crippen LogP contribution < -0.4 is 0 Å². The average Bonchev–Trinajstić information content (AvgIpc) is 2.71. The number of nitrogens with zero attached hydrogens (tertiary/aromatic N) is 1. The summed E-state index contributed by atoms with van der Waals surface area (Å²) in [5, 5.41) is 0. The Morgan fingerprint density at radius 3 is 3.00 bits per heavy atom. The standard InChI is InChI=1S/C15H20BrN/c1-11-3-2-8-17(10-11)15-7-4-12-9-13(16)5-6-14(12)15/h5-6,9,11,15H,2-4,7-8,10H2,1H3. The first-order chi connectivity index (χ1) is 8.24. The molecule has 1 aromatic carbocycles. The van der Waals surface area contributed by atoms with Crippen LogP contribution in [0.4, 0.5) is 0 Å². The van der Waals surface area contributed by atoms with Crippen LogP contribution in [-0.4, -0.2) is 18.0 Å². The highest BCUT2D eigenvalue weighted by Crippen LogP contribution is 2.38. The lowest BCUT2D eigenvalue weighted by atomic mass is 9.97. The fraction of sp³-hybridized carbons (Fsp3) is 0.600. The van der Waals surface area contributed by atoms with Gasteiger partial charge in [0.1, 0.15) is 0 Å². The molecule has 0 amide bonds. The first-order valence-corrected chi connectivity index (χ1v) is 7.55. The van der Waals surface area contributed by atoms with Crippen LogP contribution in [0.5, 0.6) is 0 Å². The Labute approximate surface area is 112 Å². The lowest BCUT2D eigenvalue weighted by Crippen LogP contribution is -2.36. The predicted octanol–water partition coefficient (Wildman–Crippen LogP) is 4.17. The SMILES string of the molecule is CC1CCCN(C2CCc3cc(Br)ccc32)C1. The van der Waals surface area contributed by atoms with E-state index in [0.717, 1.165) is 5.92 Å². The van der Waals surface area contributed by atoms with Crippen LogP contribution in [-0.2, 0) is 6.42 Å². The van der Waals surface area contributed by atoms with Gasteiger partial charge in [-0.1, -0.05) is 28.9 Å². The molecule has 1 aliphatic carbocycles. The molecule has 1 heterocycles. The zero-order valence-electron chi connectivity index (χ0n) is 10.5. The number of halogens is 1. The Kier molecular flexibility index (Phi) is 3.27. The highest BCUT2D eigenvalue weighted by molar-refractivity contribution is 9.10. The van der Waals surface area contributed by atoms with E-state index < -0.39 is 0 Å². The molecular weight excluding hydrogens is 274 g/mol. The largest absolute Gasteiger partial charge is 0.296 e. The fourth-order valence-electron chi connectivity index (χ4n) is 3.45. The maximum absolute atomic E-state index is 3.58. The molecule has 3 rings (SSSR count). The molecule has 92 valence electrons. The summed E-state index contributed by atoms with van der Waals surface area (Å²) in [7, 11) is 0. The van der Waals surface area contributed by atoms with E-state index in [1.54, 1.807) is 11.1 Å². The number of hydrogen-bond acceptors (Lipinski definition) is 1. The van der Waals surface area contributed by atoms with Gasteiger partial charge in [-0.15, -0.1) is 0 Å². The number of hydrogen-bond donors (Lipinski definition) is 0. The predicted molar refractivity (Wildman–Crippen MR) is 75.2 cm³/mol. The number of likely N-dealkylation sites (tertiary alicyclic amines) is 1. The molecule has 17 heavy (non-hydrogen) atoms. The summed E-state index contributed by atoms with van der Waals surface area (Å²) in [6.45, 7) is 4.98. The van der Waals surface area contributed by atoms with Crippen molar-refractivity contribution in [2.24, 2.45) is 5.92 Å². The molecule has 2 unspecified atom stereocenters. The van der Waals surface area contributed by atoms with E-state index in [1.165, 1.54) is 43.2 Å². The Morgan fingerprint density at radius 1 is 1.29 bits per heavy atom. The van der Waals surface area contributed by atoms with Crippen LogP contribution in [0.2, 0.25) is 0 Å². The van der Waals surface area contributed by atoms with Crippen molar-refractivity contribution in [3.8, 4) is 0 Å². The van der Waals surface area contributed by atoms with Gasteiger partial charge >= 0.3 is 0 Å². The van der Waals surface area contributed by atoms with Crippen molar-refractivity contribution < 1.29 is 0 Å². The molecule has 2 heteroatoms. The Balaban J connectivity index is 1.83. The van der Waals surface area contributed by atoms with Crippen LogP contribution in [0.1, 0.15) is 43.4 Å². The molecule has 0 radical (unpaired) electrons. The van der Waals surface area contributed by atoms with Crippen molar-refractivity contribution in [3.63, 3.8) is 0 Å². The smallest absolute Gasteiger partial charge is 0.0354 e. The van der Waals surface area contributed by atoms with Gasteiger partial charge in [-0.3, -0.25) is 4.90 Å². The van der Waals surface area contributed by atoms with E-state index in [0.29, 0.717) is 6.04 Å². The topological polar surface area (TPSA) is 3.24 Å². The van der Waals surface area contributed by atoms with E-state index >= 15 is 0 Å². The van der Waals surface area contributed by atoms with Crippen molar-refractivity contribution in [1.29, 1.82) is 0 Å². The molecular formula is C15H20BrN. The van der Waals surface area contributed by atoms with Crippen molar-refractivity contribution in [3.05, 3.63) is 33.8 Å². The van der Waals surface area contributed by atoms with Crippen LogP contribution in [0, 0.1) is 5.92 Å². The van der Waals surface area contributed by atoms with Crippen LogP contribution in [0.25, 0.3) is 0 Å². The first kappa shape index (κ1) is 11.7. The summed E-state index contributed by atoms with van der Waals surface area (Å²) in [6.07, 6.45) is 5.36. The number of piperidine rings is 1. The maximum Gasteiger partial charge on any atom is 0.0354 e. The van der Waals surface area contributed by atoms with E-state index in [4.69, 9.17) is 0 Å². The minimum Gasteiger partial charge on any atom is -0.296 e. The van der Waals surface area contributed by atoms with E-state index in [9.17, 15) is 0 Å². The minimum absolute atomic E-state index is 0.695. The zero-order chi connectivity index (χ0) is 11.8. The molecule has 1 fully saturated rings. The third-order valence-electron chi connectivity index (χ3n) is 4.28. The minimum atomic E-state index is 0.695. The quantitative estimate of drug-likeness (QED) is 0.751. The third kappa shape index (κ3) is 2.30. The van der Waals surface area contributed by atoms with Gasteiger partial charge in [0.2, 0.25) is 0 Å². The van der Waals surface area contributed by atoms with Crippen molar-refractivity contribution in [2.45, 2.75) is 38.6 Å². The second-order valence-electron chi connectivity index (χ2n) is 5.64. The summed E-state index contributed by atoms with van der Waals surface area (Å²) in [5.74, 6) is 0.878. The lowest BCUT2D eigenvalue weighted by molar-refractivity contribution is 0.129. The Bertz CT molecular complexity index is 415. The molecule has 1 saturated heterocycles. The van der Waals surface area contributed by atoms with Crippen molar-refractivity contribution in [2.75, 3.05) is 13.1 Å². The number of benzene rings is 1. The van der Waals surface area contributed by atoms with Gasteiger partial charge in [0.25, 0.3) is 0 Å². The molecule has 1 aliphatic heterocycles. The Morgan fingerprint density at radius 2 is 2.18 bits per heavy atom. The molecule has 1 nitrogen and oxygen atoms in total. The summed E-state index contributed by atoms with van der Waals surface area (Å²) < 4.78 is 1.23. The molecule has 1 aromatic rings. The van der Waals surface area contributed by atoms with Crippen molar-refractivity contribution >= 4 is 15.9 Å². The average molecular weight is 294 g/mol. The van der Waals surface area contributed by atoms with E-state index in [2.05, 4.69) is 46.0 Å². The molecule has 0 bridgehead atoms. The summed E-state index contributed by atoms with van der Waals surface area (Å²) in [6, 6.07) is 7.53. The van der Waals surface area contributed by atoms with Gasteiger partial charge in [-0.2, -0.15) is 0 Å². The van der Waals surface area contributed by atoms with Gasteiger partial charge < -0.3 is 0 Å².